The Labute approximate surface area is 132 Å². The monoisotopic (exact) mass is 321 g/mol. The largest absolute Gasteiger partial charge is 0.377 e. The average Bonchev–Trinajstić information content (AvgIpc) is 2.85. The van der Waals surface area contributed by atoms with E-state index in [4.69, 9.17) is 4.74 Å². The second-order valence-electron chi connectivity index (χ2n) is 5.56. The molecule has 1 atom stereocenters. The van der Waals surface area contributed by atoms with Crippen LogP contribution < -0.4 is 0 Å². The summed E-state index contributed by atoms with van der Waals surface area (Å²) in [4.78, 5) is 14.3. The Morgan fingerprint density at radius 3 is 2.83 bits per heavy atom. The third-order valence-corrected chi connectivity index (χ3v) is 4.07. The van der Waals surface area contributed by atoms with E-state index in [1.165, 1.54) is 6.07 Å². The van der Waals surface area contributed by atoms with Crippen molar-refractivity contribution in [3.05, 3.63) is 52.3 Å². The number of nitrogens with one attached hydrogen (secondary N) is 1. The third-order valence-electron chi connectivity index (χ3n) is 4.07. The van der Waals surface area contributed by atoms with Gasteiger partial charge in [0.05, 0.1) is 30.5 Å². The van der Waals surface area contributed by atoms with E-state index in [1.54, 1.807) is 4.90 Å². The predicted molar refractivity (Wildman–Crippen MR) is 79.0 cm³/mol. The number of hydrogen-bond donors (Lipinski definition) is 1. The van der Waals surface area contributed by atoms with E-state index in [9.17, 15) is 13.6 Å². The first-order valence-electron chi connectivity index (χ1n) is 7.34. The van der Waals surface area contributed by atoms with Crippen molar-refractivity contribution in [1.82, 2.24) is 15.1 Å². The van der Waals surface area contributed by atoms with Gasteiger partial charge in [-0.05, 0) is 26.0 Å². The molecule has 3 rings (SSSR count). The van der Waals surface area contributed by atoms with Crippen LogP contribution in [0.25, 0.3) is 0 Å². The van der Waals surface area contributed by atoms with E-state index < -0.39 is 17.5 Å². The average molecular weight is 321 g/mol. The van der Waals surface area contributed by atoms with E-state index >= 15 is 0 Å². The second-order valence-corrected chi connectivity index (χ2v) is 5.56. The van der Waals surface area contributed by atoms with Crippen LogP contribution >= 0.6 is 0 Å². The number of aromatic amines is 1. The molecule has 1 aromatic carbocycles. The van der Waals surface area contributed by atoms with Crippen LogP contribution in [0, 0.1) is 25.5 Å². The first-order chi connectivity index (χ1) is 11.0. The van der Waals surface area contributed by atoms with Gasteiger partial charge in [0.15, 0.2) is 0 Å². The number of benzene rings is 1. The molecule has 5 nitrogen and oxygen atoms in total. The summed E-state index contributed by atoms with van der Waals surface area (Å²) in [7, 11) is 0. The second kappa shape index (κ2) is 6.08. The molecule has 0 radical (unpaired) electrons. The Hall–Kier alpha value is -2.28. The number of halogens is 2. The molecule has 1 fully saturated rings. The van der Waals surface area contributed by atoms with Gasteiger partial charge in [0.1, 0.15) is 11.6 Å². The molecule has 122 valence electrons. The van der Waals surface area contributed by atoms with Crippen LogP contribution in [-0.4, -0.2) is 40.8 Å². The summed E-state index contributed by atoms with van der Waals surface area (Å²) in [6, 6.07) is 2.63. The fourth-order valence-corrected chi connectivity index (χ4v) is 2.95. The number of nitrogens with zero attached hydrogens (tertiary/aromatic N) is 2. The summed E-state index contributed by atoms with van der Waals surface area (Å²) in [5.41, 5.74) is 2.35. The smallest absolute Gasteiger partial charge is 0.257 e. The Kier molecular flexibility index (Phi) is 4.12. The van der Waals surface area contributed by atoms with E-state index in [0.717, 1.165) is 29.1 Å². The fourth-order valence-electron chi connectivity index (χ4n) is 2.95. The molecule has 1 aliphatic rings. The molecule has 1 N–H and O–H groups in total. The van der Waals surface area contributed by atoms with Gasteiger partial charge in [-0.3, -0.25) is 9.89 Å². The zero-order valence-electron chi connectivity index (χ0n) is 12.9. The van der Waals surface area contributed by atoms with Crippen LogP contribution in [-0.2, 0) is 4.74 Å². The van der Waals surface area contributed by atoms with Crippen LogP contribution in [0.15, 0.2) is 18.2 Å². The highest BCUT2D eigenvalue weighted by molar-refractivity contribution is 5.94. The lowest BCUT2D eigenvalue weighted by atomic mass is 10.0. The minimum Gasteiger partial charge on any atom is -0.377 e. The van der Waals surface area contributed by atoms with Gasteiger partial charge in [0.2, 0.25) is 0 Å². The van der Waals surface area contributed by atoms with Crippen LogP contribution in [0.5, 0.6) is 0 Å². The maximum Gasteiger partial charge on any atom is 0.257 e. The number of carbonyl (C=O) groups excluding carboxylic acids is 1. The summed E-state index contributed by atoms with van der Waals surface area (Å²) in [6.45, 7) is 4.74. The highest BCUT2D eigenvalue weighted by Crippen LogP contribution is 2.30. The van der Waals surface area contributed by atoms with Gasteiger partial charge in [-0.1, -0.05) is 0 Å². The topological polar surface area (TPSA) is 58.2 Å². The lowest BCUT2D eigenvalue weighted by Gasteiger charge is -2.36. The lowest BCUT2D eigenvalue weighted by Crippen LogP contribution is -2.44. The van der Waals surface area contributed by atoms with Crippen LogP contribution in [0.2, 0.25) is 0 Å². The predicted octanol–water partition coefficient (Wildman–Crippen LogP) is 2.52. The highest BCUT2D eigenvalue weighted by Gasteiger charge is 2.33. The maximum atomic E-state index is 13.9. The Bertz CT molecular complexity index is 725. The van der Waals surface area contributed by atoms with Crippen molar-refractivity contribution in [3.8, 4) is 0 Å². The Morgan fingerprint density at radius 2 is 2.17 bits per heavy atom. The van der Waals surface area contributed by atoms with Gasteiger partial charge in [0, 0.05) is 23.9 Å². The first kappa shape index (κ1) is 15.6. The molecule has 0 saturated carbocycles. The first-order valence-corrected chi connectivity index (χ1v) is 7.34. The van der Waals surface area contributed by atoms with Gasteiger partial charge in [-0.25, -0.2) is 8.78 Å². The molecule has 0 bridgehead atoms. The number of hydrogen-bond acceptors (Lipinski definition) is 3. The van der Waals surface area contributed by atoms with Crippen molar-refractivity contribution in [2.24, 2.45) is 0 Å². The number of amides is 1. The minimum atomic E-state index is -0.860. The molecule has 0 aliphatic carbocycles. The molecule has 2 aromatic rings. The summed E-state index contributed by atoms with van der Waals surface area (Å²) < 4.78 is 32.5. The molecule has 1 amide bonds. The fraction of sp³-hybridized carbons (Fsp3) is 0.375. The van der Waals surface area contributed by atoms with Crippen molar-refractivity contribution in [2.75, 3.05) is 19.8 Å². The maximum absolute atomic E-state index is 13.9. The molecule has 2 heterocycles. The molecular formula is C16H17F2N3O2. The van der Waals surface area contributed by atoms with Gasteiger partial charge in [-0.2, -0.15) is 5.10 Å². The lowest BCUT2D eigenvalue weighted by molar-refractivity contribution is -0.00325. The van der Waals surface area contributed by atoms with Crippen molar-refractivity contribution >= 4 is 5.91 Å². The SMILES string of the molecule is Cc1n[nH]c(C)c1[C@H]1COCCN1C(=O)c1ccc(F)cc1F. The molecule has 1 aliphatic heterocycles. The van der Waals surface area contributed by atoms with Crippen LogP contribution in [0.4, 0.5) is 8.78 Å². The van der Waals surface area contributed by atoms with Gasteiger partial charge >= 0.3 is 0 Å². The van der Waals surface area contributed by atoms with E-state index in [2.05, 4.69) is 10.2 Å². The van der Waals surface area contributed by atoms with Crippen molar-refractivity contribution < 1.29 is 18.3 Å². The molecule has 0 unspecified atom stereocenters. The number of H-pyrrole nitrogens is 1. The van der Waals surface area contributed by atoms with Gasteiger partial charge in [0.25, 0.3) is 5.91 Å². The number of aryl methyl sites for hydroxylation is 2. The summed E-state index contributed by atoms with van der Waals surface area (Å²) in [6.07, 6.45) is 0. The number of morpholine rings is 1. The van der Waals surface area contributed by atoms with Crippen LogP contribution in [0.1, 0.15) is 33.4 Å². The minimum absolute atomic E-state index is 0.142. The number of rotatable bonds is 2. The normalized spacial score (nSPS) is 18.3. The molecule has 7 heteroatoms. The number of aromatic nitrogens is 2. The molecule has 23 heavy (non-hydrogen) atoms. The number of ether oxygens (including phenoxy) is 1. The van der Waals surface area contributed by atoms with Crippen molar-refractivity contribution in [2.45, 2.75) is 19.9 Å². The molecule has 1 saturated heterocycles. The van der Waals surface area contributed by atoms with Gasteiger partial charge < -0.3 is 9.64 Å². The molecular weight excluding hydrogens is 304 g/mol. The van der Waals surface area contributed by atoms with Crippen molar-refractivity contribution in [1.29, 1.82) is 0 Å². The van der Waals surface area contributed by atoms with Gasteiger partial charge in [-0.15, -0.1) is 0 Å². The quantitative estimate of drug-likeness (QED) is 0.925. The Balaban J connectivity index is 1.97. The summed E-state index contributed by atoms with van der Waals surface area (Å²) in [5, 5.41) is 7.03. The Morgan fingerprint density at radius 1 is 1.39 bits per heavy atom. The highest BCUT2D eigenvalue weighted by atomic mass is 19.1. The molecule has 0 spiro atoms. The zero-order chi connectivity index (χ0) is 16.6. The van der Waals surface area contributed by atoms with Crippen LogP contribution in [0.3, 0.4) is 0 Å². The standard InChI is InChI=1S/C16H17F2N3O2/c1-9-15(10(2)20-19-9)14-8-23-6-5-21(14)16(22)12-4-3-11(17)7-13(12)18/h3-4,7,14H,5-6,8H2,1-2H3,(H,19,20)/t14-/m1/s1. The summed E-state index contributed by atoms with van der Waals surface area (Å²) in [5.74, 6) is -2.05. The van der Waals surface area contributed by atoms with Crippen molar-refractivity contribution in [3.63, 3.8) is 0 Å². The molecule has 1 aromatic heterocycles. The van der Waals surface area contributed by atoms with E-state index in [0.29, 0.717) is 19.8 Å². The zero-order valence-corrected chi connectivity index (χ0v) is 12.9. The van der Waals surface area contributed by atoms with E-state index in [-0.39, 0.29) is 11.6 Å². The van der Waals surface area contributed by atoms with E-state index in [1.807, 2.05) is 13.8 Å². The number of carbonyl (C=O) groups is 1. The third kappa shape index (κ3) is 2.84. The summed E-state index contributed by atoms with van der Waals surface area (Å²) >= 11 is 0.